The molecule has 1 heterocycles. The van der Waals surface area contributed by atoms with Gasteiger partial charge in [-0.3, -0.25) is 14.4 Å². The molecular weight excluding hydrogens is 538 g/mol. The Morgan fingerprint density at radius 2 is 1.52 bits per heavy atom. The number of carbonyl (C=O) groups is 3. The quantitative estimate of drug-likeness (QED) is 0.156. The second-order valence-electron chi connectivity index (χ2n) is 10.6. The zero-order valence-corrected chi connectivity index (χ0v) is 24.8. The summed E-state index contributed by atoms with van der Waals surface area (Å²) < 4.78 is 0. The number of likely N-dealkylation sites (N-methyl/N-ethyl adjacent to an activating group) is 3. The predicted octanol–water partition coefficient (Wildman–Crippen LogP) is -0.656. The summed E-state index contributed by atoms with van der Waals surface area (Å²) in [6.45, 7) is 1.58. The zero-order valence-electron chi connectivity index (χ0n) is 24.8. The molecule has 0 unspecified atom stereocenters. The molecule has 0 aromatic heterocycles. The number of hydrogen-bond donors (Lipinski definition) is 9. The van der Waals surface area contributed by atoms with E-state index in [9.17, 15) is 24.6 Å². The first-order chi connectivity index (χ1) is 20.2. The molecule has 0 spiro atoms. The minimum atomic E-state index is -1.02. The van der Waals surface area contributed by atoms with E-state index in [1.165, 1.54) is 0 Å². The highest BCUT2D eigenvalue weighted by atomic mass is 16.3. The predicted molar refractivity (Wildman–Crippen MR) is 162 cm³/mol. The highest BCUT2D eigenvalue weighted by Gasteiger charge is 2.30. The summed E-state index contributed by atoms with van der Waals surface area (Å²) in [4.78, 5) is 40.5. The van der Waals surface area contributed by atoms with Gasteiger partial charge in [0.15, 0.2) is 0 Å². The average molecular weight is 584 g/mol. The van der Waals surface area contributed by atoms with Gasteiger partial charge in [-0.05, 0) is 94.1 Å². The van der Waals surface area contributed by atoms with Gasteiger partial charge in [0, 0.05) is 32.0 Å². The molecule has 0 fully saturated rings. The van der Waals surface area contributed by atoms with Crippen LogP contribution in [0.3, 0.4) is 0 Å². The van der Waals surface area contributed by atoms with Gasteiger partial charge in [-0.15, -0.1) is 0 Å². The van der Waals surface area contributed by atoms with E-state index < -0.39 is 35.8 Å². The number of rotatable bonds is 11. The van der Waals surface area contributed by atoms with Crippen molar-refractivity contribution in [1.29, 1.82) is 0 Å². The van der Waals surface area contributed by atoms with Crippen molar-refractivity contribution in [3.05, 3.63) is 47.5 Å². The van der Waals surface area contributed by atoms with Crippen molar-refractivity contribution in [2.45, 2.75) is 49.9 Å². The van der Waals surface area contributed by atoms with Crippen LogP contribution in [0.15, 0.2) is 36.4 Å². The molecule has 2 aromatic rings. The first kappa shape index (κ1) is 32.8. The van der Waals surface area contributed by atoms with Crippen LogP contribution in [0.5, 0.6) is 11.5 Å². The molecule has 4 bridgehead atoms. The Kier molecular flexibility index (Phi) is 12.5. The maximum atomic E-state index is 13.6. The second kappa shape index (κ2) is 16.1. The monoisotopic (exact) mass is 583 g/mol. The summed E-state index contributed by atoms with van der Waals surface area (Å²) in [5, 5.41) is 42.2. The van der Waals surface area contributed by atoms with Crippen LogP contribution in [0, 0.1) is 0 Å². The maximum absolute atomic E-state index is 13.6. The highest BCUT2D eigenvalue weighted by Crippen LogP contribution is 2.31. The van der Waals surface area contributed by atoms with Crippen LogP contribution < -0.4 is 37.2 Å². The van der Waals surface area contributed by atoms with Crippen molar-refractivity contribution in [3.8, 4) is 22.6 Å². The summed E-state index contributed by atoms with van der Waals surface area (Å²) in [6, 6.07) is 7.52. The van der Waals surface area contributed by atoms with Gasteiger partial charge in [0.2, 0.25) is 17.7 Å². The summed E-state index contributed by atoms with van der Waals surface area (Å²) in [5.41, 5.74) is 2.56. The first-order valence-electron chi connectivity index (χ1n) is 14.4. The van der Waals surface area contributed by atoms with Crippen molar-refractivity contribution < 1.29 is 24.6 Å². The van der Waals surface area contributed by atoms with Gasteiger partial charge < -0.3 is 47.4 Å². The number of carbonyl (C=O) groups excluding carboxylic acids is 3. The normalized spacial score (nSPS) is 20.0. The van der Waals surface area contributed by atoms with E-state index in [-0.39, 0.29) is 30.4 Å². The molecule has 3 amide bonds. The van der Waals surface area contributed by atoms with E-state index in [1.807, 2.05) is 7.05 Å². The van der Waals surface area contributed by atoms with Crippen molar-refractivity contribution in [3.63, 3.8) is 0 Å². The lowest BCUT2D eigenvalue weighted by atomic mass is 9.95. The molecule has 12 heteroatoms. The number of hydrogen-bond acceptors (Lipinski definition) is 9. The fourth-order valence-corrected chi connectivity index (χ4v) is 5.00. The number of fused-ring (bicyclic) bond motifs is 5. The number of amides is 3. The number of benzene rings is 2. The van der Waals surface area contributed by atoms with Gasteiger partial charge in [-0.2, -0.15) is 0 Å². The van der Waals surface area contributed by atoms with Crippen molar-refractivity contribution in [2.24, 2.45) is 0 Å². The van der Waals surface area contributed by atoms with Gasteiger partial charge in [0.05, 0.1) is 6.04 Å². The molecule has 2 aromatic carbocycles. The van der Waals surface area contributed by atoms with E-state index >= 15 is 0 Å². The van der Waals surface area contributed by atoms with E-state index in [1.54, 1.807) is 57.5 Å². The molecule has 3 rings (SSSR count). The minimum Gasteiger partial charge on any atom is -0.508 e. The van der Waals surface area contributed by atoms with Gasteiger partial charge in [0.1, 0.15) is 23.6 Å². The molecule has 12 nitrogen and oxygen atoms in total. The van der Waals surface area contributed by atoms with Gasteiger partial charge in [0.25, 0.3) is 0 Å². The summed E-state index contributed by atoms with van der Waals surface area (Å²) in [6.07, 6.45) is 1.15. The third-order valence-corrected chi connectivity index (χ3v) is 7.57. The summed E-state index contributed by atoms with van der Waals surface area (Å²) >= 11 is 0. The van der Waals surface area contributed by atoms with Crippen LogP contribution in [0.1, 0.15) is 24.0 Å². The molecule has 230 valence electrons. The van der Waals surface area contributed by atoms with E-state index in [2.05, 4.69) is 37.2 Å². The van der Waals surface area contributed by atoms with Crippen molar-refractivity contribution >= 4 is 17.7 Å². The van der Waals surface area contributed by atoms with Crippen LogP contribution in [-0.2, 0) is 27.2 Å². The molecular formula is C30H45N7O5. The zero-order chi connectivity index (χ0) is 30.6. The van der Waals surface area contributed by atoms with Gasteiger partial charge in [-0.25, -0.2) is 0 Å². The van der Waals surface area contributed by atoms with Gasteiger partial charge in [-0.1, -0.05) is 12.1 Å². The number of nitrogens with one attached hydrogen (secondary N) is 7. The topological polar surface area (TPSA) is 176 Å². The molecule has 4 atom stereocenters. The molecule has 1 aliphatic rings. The Hall–Kier alpha value is -3.71. The molecule has 0 aliphatic carbocycles. The Morgan fingerprint density at radius 3 is 2.10 bits per heavy atom. The third-order valence-electron chi connectivity index (χ3n) is 7.57. The minimum absolute atomic E-state index is 0.00785. The lowest BCUT2D eigenvalue weighted by molar-refractivity contribution is -0.132. The van der Waals surface area contributed by atoms with Crippen molar-refractivity contribution in [2.75, 3.05) is 47.8 Å². The highest BCUT2D eigenvalue weighted by molar-refractivity contribution is 5.93. The standard InChI is InChI=1S/C30H45N7O5/c1-31-11-5-6-23-29(41)37-25(28(40)35-17-22(33-3)16-32-2)15-21-13-19(8-10-27(21)39)18-7-9-26(38)20(12-18)14-24(34-4)30(42)36-23/h7-10,12-13,22-25,31-34,38-39H,5-6,11,14-17H2,1-4H3,(H,35,40)(H,36,42)(H,37,41)/t22-,23-,24-,25-/m0/s1. The Balaban J connectivity index is 2.05. The lowest BCUT2D eigenvalue weighted by Gasteiger charge is -2.26. The molecule has 9 N–H and O–H groups in total. The maximum Gasteiger partial charge on any atom is 0.243 e. The number of phenols is 2. The van der Waals surface area contributed by atoms with Crippen LogP contribution in [0.25, 0.3) is 11.1 Å². The Morgan fingerprint density at radius 1 is 0.881 bits per heavy atom. The fourth-order valence-electron chi connectivity index (χ4n) is 5.00. The van der Waals surface area contributed by atoms with Crippen molar-refractivity contribution in [1.82, 2.24) is 37.2 Å². The van der Waals surface area contributed by atoms with E-state index in [0.29, 0.717) is 43.6 Å². The third kappa shape index (κ3) is 8.89. The molecule has 0 saturated carbocycles. The second-order valence-corrected chi connectivity index (χ2v) is 10.6. The Bertz CT molecular complexity index is 1220. The largest absolute Gasteiger partial charge is 0.508 e. The fraction of sp³-hybridized carbons (Fsp3) is 0.500. The molecule has 0 saturated heterocycles. The molecule has 0 radical (unpaired) electrons. The van der Waals surface area contributed by atoms with Crippen LogP contribution >= 0.6 is 0 Å². The lowest BCUT2D eigenvalue weighted by Crippen LogP contribution is -2.57. The van der Waals surface area contributed by atoms with Crippen LogP contribution in [-0.4, -0.2) is 99.9 Å². The summed E-state index contributed by atoms with van der Waals surface area (Å²) in [5.74, 6) is -1.26. The molecule has 1 aliphatic heterocycles. The summed E-state index contributed by atoms with van der Waals surface area (Å²) in [7, 11) is 7.07. The van der Waals surface area contributed by atoms with Crippen LogP contribution in [0.4, 0.5) is 0 Å². The number of phenolic OH excluding ortho intramolecular Hbond substituents is 2. The van der Waals surface area contributed by atoms with Crippen LogP contribution in [0.2, 0.25) is 0 Å². The smallest absolute Gasteiger partial charge is 0.243 e. The average Bonchev–Trinajstić information content (AvgIpc) is 2.98. The Labute approximate surface area is 247 Å². The van der Waals surface area contributed by atoms with E-state index in [4.69, 9.17) is 0 Å². The number of aromatic hydroxyl groups is 2. The van der Waals surface area contributed by atoms with E-state index in [0.717, 1.165) is 11.1 Å². The first-order valence-corrected chi connectivity index (χ1v) is 14.4. The molecule has 42 heavy (non-hydrogen) atoms. The van der Waals surface area contributed by atoms with Gasteiger partial charge >= 0.3 is 0 Å². The SMILES string of the molecule is CNCCC[C@@H]1NC(=O)[C@@H](NC)Cc2cc(ccc2O)-c2ccc(O)c(c2)C[C@@H](C(=O)NC[C@H](CNC)NC)NC1=O.